The summed E-state index contributed by atoms with van der Waals surface area (Å²) in [5.74, 6) is -0.446. The Balaban J connectivity index is 2.46. The number of aromatic amines is 1. The molecule has 2 heterocycles. The highest BCUT2D eigenvalue weighted by molar-refractivity contribution is 5.83. The van der Waals surface area contributed by atoms with Crippen LogP contribution in [-0.4, -0.2) is 51.0 Å². The summed E-state index contributed by atoms with van der Waals surface area (Å²) >= 11 is 0. The third-order valence-electron chi connectivity index (χ3n) is 3.68. The van der Waals surface area contributed by atoms with Crippen molar-refractivity contribution in [3.05, 3.63) is 33.1 Å². The molecule has 9 heteroatoms. The minimum Gasteiger partial charge on any atom is -0.394 e. The molecule has 0 radical (unpaired) electrons. The van der Waals surface area contributed by atoms with E-state index in [0.29, 0.717) is 6.54 Å². The van der Waals surface area contributed by atoms with Crippen molar-refractivity contribution in [2.45, 2.75) is 38.2 Å². The zero-order valence-corrected chi connectivity index (χ0v) is 13.0. The van der Waals surface area contributed by atoms with Gasteiger partial charge in [-0.2, -0.15) is 0 Å². The highest BCUT2D eigenvalue weighted by atomic mass is 16.6. The summed E-state index contributed by atoms with van der Waals surface area (Å²) in [4.78, 5) is 38.0. The second-order valence-electron chi connectivity index (χ2n) is 5.98. The van der Waals surface area contributed by atoms with E-state index in [9.17, 15) is 24.6 Å². The van der Waals surface area contributed by atoms with Gasteiger partial charge in [0.05, 0.1) is 12.7 Å². The Labute approximate surface area is 131 Å². The first-order chi connectivity index (χ1) is 10.8. The number of rotatable bonds is 5. The van der Waals surface area contributed by atoms with Crippen molar-refractivity contribution in [2.24, 2.45) is 5.92 Å². The summed E-state index contributed by atoms with van der Waals surface area (Å²) in [6, 6.07) is 1.08. The average molecular weight is 327 g/mol. The third kappa shape index (κ3) is 3.36. The van der Waals surface area contributed by atoms with Gasteiger partial charge in [0, 0.05) is 25.2 Å². The number of H-pyrrole nitrogens is 1. The van der Waals surface area contributed by atoms with Crippen LogP contribution in [0.15, 0.2) is 21.9 Å². The Morgan fingerprint density at radius 2 is 2.26 bits per heavy atom. The first kappa shape index (κ1) is 17.4. The molecule has 0 saturated carbocycles. The molecular formula is C14H21N3O6. The Hall–Kier alpha value is -1.97. The Morgan fingerprint density at radius 1 is 1.57 bits per heavy atom. The van der Waals surface area contributed by atoms with Crippen molar-refractivity contribution in [1.29, 1.82) is 0 Å². The van der Waals surface area contributed by atoms with E-state index in [1.54, 1.807) is 0 Å². The minimum atomic E-state index is -1.82. The molecule has 1 fully saturated rings. The Bertz CT molecular complexity index is 682. The van der Waals surface area contributed by atoms with Crippen LogP contribution >= 0.6 is 0 Å². The van der Waals surface area contributed by atoms with Gasteiger partial charge in [-0.05, 0) is 5.92 Å². The lowest BCUT2D eigenvalue weighted by Crippen LogP contribution is -2.54. The van der Waals surface area contributed by atoms with Gasteiger partial charge < -0.3 is 20.3 Å². The quantitative estimate of drug-likeness (QED) is 0.499. The number of hydrogen-bond donors (Lipinski definition) is 4. The molecule has 2 rings (SSSR count). The Kier molecular flexibility index (Phi) is 5.03. The topological polar surface area (TPSA) is 134 Å². The van der Waals surface area contributed by atoms with E-state index >= 15 is 0 Å². The molecule has 23 heavy (non-hydrogen) atoms. The van der Waals surface area contributed by atoms with E-state index in [2.05, 4.69) is 10.3 Å². The van der Waals surface area contributed by atoms with Gasteiger partial charge in [0.25, 0.3) is 11.5 Å². The second-order valence-corrected chi connectivity index (χ2v) is 5.98. The van der Waals surface area contributed by atoms with Gasteiger partial charge in [-0.15, -0.1) is 0 Å². The first-order valence-electron chi connectivity index (χ1n) is 7.37. The summed E-state index contributed by atoms with van der Waals surface area (Å²) in [6.07, 6.45) is -1.20. The van der Waals surface area contributed by atoms with Gasteiger partial charge in [0.2, 0.25) is 5.72 Å². The molecule has 1 aromatic heterocycles. The van der Waals surface area contributed by atoms with Crippen LogP contribution < -0.4 is 16.6 Å². The number of aromatic nitrogens is 2. The molecule has 0 aliphatic carbocycles. The van der Waals surface area contributed by atoms with E-state index in [4.69, 9.17) is 4.74 Å². The number of nitrogens with zero attached hydrogens (tertiary/aromatic N) is 1. The van der Waals surface area contributed by atoms with E-state index in [-0.39, 0.29) is 12.3 Å². The molecule has 3 atom stereocenters. The molecule has 1 aliphatic rings. The van der Waals surface area contributed by atoms with Crippen molar-refractivity contribution in [3.63, 3.8) is 0 Å². The molecule has 1 aliphatic heterocycles. The number of aliphatic hydroxyl groups excluding tert-OH is 2. The Morgan fingerprint density at radius 3 is 2.78 bits per heavy atom. The molecule has 4 N–H and O–H groups in total. The van der Waals surface area contributed by atoms with Crippen LogP contribution in [0, 0.1) is 5.92 Å². The average Bonchev–Trinajstić information content (AvgIpc) is 2.82. The van der Waals surface area contributed by atoms with Gasteiger partial charge in [-0.3, -0.25) is 19.1 Å². The van der Waals surface area contributed by atoms with E-state index in [1.165, 1.54) is 0 Å². The highest BCUT2D eigenvalue weighted by Crippen LogP contribution is 2.34. The SMILES string of the molecule is CC(C)CNC(=O)[C@]1(n2ccc(=O)[nH]c2=O)C[C@H](O)[C@@H](CO)O1. The summed E-state index contributed by atoms with van der Waals surface area (Å²) in [7, 11) is 0. The van der Waals surface area contributed by atoms with E-state index in [0.717, 1.165) is 16.8 Å². The normalized spacial score (nSPS) is 27.3. The fraction of sp³-hybridized carbons (Fsp3) is 0.643. The van der Waals surface area contributed by atoms with Gasteiger partial charge in [0.15, 0.2) is 0 Å². The van der Waals surface area contributed by atoms with Gasteiger partial charge in [-0.1, -0.05) is 13.8 Å². The number of amides is 1. The van der Waals surface area contributed by atoms with E-state index in [1.807, 2.05) is 13.8 Å². The molecule has 9 nitrogen and oxygen atoms in total. The monoisotopic (exact) mass is 327 g/mol. The molecule has 1 aromatic rings. The number of hydrogen-bond acceptors (Lipinski definition) is 6. The van der Waals surface area contributed by atoms with Crippen LogP contribution in [0.3, 0.4) is 0 Å². The van der Waals surface area contributed by atoms with Crippen LogP contribution in [0.25, 0.3) is 0 Å². The fourth-order valence-electron chi connectivity index (χ4n) is 2.50. The van der Waals surface area contributed by atoms with Crippen molar-refractivity contribution >= 4 is 5.91 Å². The summed E-state index contributed by atoms with van der Waals surface area (Å²) < 4.78 is 6.47. The summed E-state index contributed by atoms with van der Waals surface area (Å²) in [5, 5.41) is 21.9. The van der Waals surface area contributed by atoms with Crippen LogP contribution in [0.4, 0.5) is 0 Å². The maximum absolute atomic E-state index is 12.6. The van der Waals surface area contributed by atoms with E-state index < -0.39 is 41.7 Å². The third-order valence-corrected chi connectivity index (χ3v) is 3.68. The molecular weight excluding hydrogens is 306 g/mol. The van der Waals surface area contributed by atoms with Crippen LogP contribution in [0.2, 0.25) is 0 Å². The molecule has 1 saturated heterocycles. The lowest BCUT2D eigenvalue weighted by Gasteiger charge is -2.29. The zero-order valence-electron chi connectivity index (χ0n) is 13.0. The number of aliphatic hydroxyl groups is 2. The number of nitrogens with one attached hydrogen (secondary N) is 2. The van der Waals surface area contributed by atoms with Crippen molar-refractivity contribution in [1.82, 2.24) is 14.9 Å². The zero-order chi connectivity index (χ0) is 17.2. The standard InChI is InChI=1S/C14H21N3O6/c1-8(2)6-15-12(21)14(5-9(19)10(7-18)23-14)17-4-3-11(20)16-13(17)22/h3-4,8-10,18-19H,5-7H2,1-2H3,(H,15,21)(H,16,20,22)/t9-,10+,14-/m0/s1. The number of carbonyl (C=O) groups is 1. The smallest absolute Gasteiger partial charge is 0.331 e. The lowest BCUT2D eigenvalue weighted by molar-refractivity contribution is -0.164. The maximum atomic E-state index is 12.6. The fourth-order valence-corrected chi connectivity index (χ4v) is 2.50. The van der Waals surface area contributed by atoms with Crippen LogP contribution in [0.1, 0.15) is 20.3 Å². The molecule has 0 spiro atoms. The largest absolute Gasteiger partial charge is 0.394 e. The van der Waals surface area contributed by atoms with Gasteiger partial charge in [-0.25, -0.2) is 4.79 Å². The highest BCUT2D eigenvalue weighted by Gasteiger charge is 2.53. The molecule has 0 aromatic carbocycles. The molecule has 128 valence electrons. The maximum Gasteiger partial charge on any atom is 0.331 e. The van der Waals surface area contributed by atoms with Crippen LogP contribution in [-0.2, 0) is 15.3 Å². The second kappa shape index (κ2) is 6.65. The van der Waals surface area contributed by atoms with Crippen LogP contribution in [0.5, 0.6) is 0 Å². The number of carbonyl (C=O) groups excluding carboxylic acids is 1. The van der Waals surface area contributed by atoms with Gasteiger partial charge in [0.1, 0.15) is 6.10 Å². The van der Waals surface area contributed by atoms with Crippen molar-refractivity contribution in [3.8, 4) is 0 Å². The van der Waals surface area contributed by atoms with Crippen molar-refractivity contribution in [2.75, 3.05) is 13.2 Å². The predicted octanol–water partition coefficient (Wildman–Crippen LogP) is -1.90. The summed E-state index contributed by atoms with van der Waals surface area (Å²) in [6.45, 7) is 3.65. The van der Waals surface area contributed by atoms with Gasteiger partial charge >= 0.3 is 5.69 Å². The molecule has 0 unspecified atom stereocenters. The predicted molar refractivity (Wildman–Crippen MR) is 79.7 cm³/mol. The lowest BCUT2D eigenvalue weighted by atomic mass is 10.0. The number of ether oxygens (including phenoxy) is 1. The molecule has 1 amide bonds. The summed E-state index contributed by atoms with van der Waals surface area (Å²) in [5.41, 5.74) is -3.26. The molecule has 0 bridgehead atoms. The first-order valence-corrected chi connectivity index (χ1v) is 7.37. The van der Waals surface area contributed by atoms with Crippen molar-refractivity contribution < 1.29 is 19.7 Å². The minimum absolute atomic E-state index is 0.170.